The van der Waals surface area contributed by atoms with Crippen LogP contribution in [0.2, 0.25) is 0 Å². The fraction of sp³-hybridized carbons (Fsp3) is 0.105. The molecule has 0 fully saturated rings. The second-order valence-electron chi connectivity index (χ2n) is 5.71. The summed E-state index contributed by atoms with van der Waals surface area (Å²) in [5.41, 5.74) is 9.09. The van der Waals surface area contributed by atoms with Crippen LogP contribution in [0.25, 0.3) is 10.9 Å². The third kappa shape index (κ3) is 4.11. The topological polar surface area (TPSA) is 97.1 Å². The number of carbonyl (C=O) groups excluding carboxylic acids is 2. The minimum Gasteiger partial charge on any atom is -0.397 e. The maximum Gasteiger partial charge on any atom is 0.230 e. The molecule has 1 aromatic heterocycles. The van der Waals surface area contributed by atoms with E-state index in [1.54, 1.807) is 30.3 Å². The Morgan fingerprint density at radius 3 is 2.48 bits per heavy atom. The molecule has 0 radical (unpaired) electrons. The number of nitrogens with one attached hydrogen (secondary N) is 2. The van der Waals surface area contributed by atoms with Crippen molar-refractivity contribution in [1.82, 2.24) is 4.98 Å². The van der Waals surface area contributed by atoms with Crippen molar-refractivity contribution in [3.8, 4) is 0 Å². The zero-order valence-corrected chi connectivity index (χ0v) is 13.7. The third-order valence-corrected chi connectivity index (χ3v) is 3.62. The van der Waals surface area contributed by atoms with Crippen molar-refractivity contribution in [2.45, 2.75) is 13.3 Å². The largest absolute Gasteiger partial charge is 0.397 e. The minimum absolute atomic E-state index is 0.134. The van der Waals surface area contributed by atoms with E-state index in [0.29, 0.717) is 28.3 Å². The number of hydrogen-bond donors (Lipinski definition) is 3. The Bertz CT molecular complexity index is 953. The van der Waals surface area contributed by atoms with Gasteiger partial charge < -0.3 is 16.4 Å². The van der Waals surface area contributed by atoms with Crippen LogP contribution in [0, 0.1) is 0 Å². The summed E-state index contributed by atoms with van der Waals surface area (Å²) in [6.07, 6.45) is 0.134. The Kier molecular flexibility index (Phi) is 4.61. The number of nitrogen functional groups attached to an aromatic ring is 1. The lowest BCUT2D eigenvalue weighted by atomic mass is 10.1. The number of aromatic nitrogens is 1. The van der Waals surface area contributed by atoms with E-state index in [0.717, 1.165) is 5.39 Å². The van der Waals surface area contributed by atoms with E-state index in [-0.39, 0.29) is 18.2 Å². The van der Waals surface area contributed by atoms with Gasteiger partial charge in [-0.3, -0.25) is 14.6 Å². The van der Waals surface area contributed by atoms with Crippen molar-refractivity contribution in [2.75, 3.05) is 16.4 Å². The zero-order valence-electron chi connectivity index (χ0n) is 13.7. The van der Waals surface area contributed by atoms with Crippen LogP contribution < -0.4 is 16.4 Å². The van der Waals surface area contributed by atoms with Crippen LogP contribution in [-0.2, 0) is 16.0 Å². The molecular weight excluding hydrogens is 316 g/mol. The molecule has 0 atom stereocenters. The predicted octanol–water partition coefficient (Wildman–Crippen LogP) is 2.96. The molecule has 0 unspecified atom stereocenters. The predicted molar refractivity (Wildman–Crippen MR) is 99.2 cm³/mol. The number of carbonyl (C=O) groups is 2. The Labute approximate surface area is 145 Å². The molecule has 3 rings (SSSR count). The summed E-state index contributed by atoms with van der Waals surface area (Å²) in [6, 6.07) is 16.3. The van der Waals surface area contributed by atoms with Crippen molar-refractivity contribution in [1.29, 1.82) is 0 Å². The standard InChI is InChI=1S/C19H18N4O2/c1-12(24)21-14-5-3-6-15(10-14)22-18(25)11-16-9-8-13-4-2-7-17(20)19(13)23-16/h2-10H,11,20H2,1H3,(H,21,24)(H,22,25). The van der Waals surface area contributed by atoms with Gasteiger partial charge in [-0.25, -0.2) is 0 Å². The van der Waals surface area contributed by atoms with Crippen LogP contribution in [0.4, 0.5) is 17.1 Å². The highest BCUT2D eigenvalue weighted by molar-refractivity contribution is 5.95. The molecular formula is C19H18N4O2. The number of anilines is 3. The molecule has 0 bridgehead atoms. The summed E-state index contributed by atoms with van der Waals surface area (Å²) < 4.78 is 0. The molecule has 6 nitrogen and oxygen atoms in total. The first kappa shape index (κ1) is 16.4. The molecule has 2 aromatic carbocycles. The van der Waals surface area contributed by atoms with E-state index < -0.39 is 0 Å². The molecule has 0 saturated carbocycles. The quantitative estimate of drug-likeness (QED) is 0.639. The number of fused-ring (bicyclic) bond motifs is 1. The van der Waals surface area contributed by atoms with Crippen LogP contribution in [0.1, 0.15) is 12.6 Å². The SMILES string of the molecule is CC(=O)Nc1cccc(NC(=O)Cc2ccc3cccc(N)c3n2)c1. The van der Waals surface area contributed by atoms with Crippen molar-refractivity contribution in [3.63, 3.8) is 0 Å². The Morgan fingerprint density at radius 2 is 1.72 bits per heavy atom. The fourth-order valence-corrected chi connectivity index (χ4v) is 2.56. The maximum absolute atomic E-state index is 12.3. The van der Waals surface area contributed by atoms with Gasteiger partial charge in [0.1, 0.15) is 0 Å². The van der Waals surface area contributed by atoms with Gasteiger partial charge in [0.25, 0.3) is 0 Å². The normalized spacial score (nSPS) is 10.4. The van der Waals surface area contributed by atoms with Gasteiger partial charge in [-0.15, -0.1) is 0 Å². The highest BCUT2D eigenvalue weighted by atomic mass is 16.2. The average molecular weight is 334 g/mol. The molecule has 0 aliphatic rings. The molecule has 1 heterocycles. The van der Waals surface area contributed by atoms with Gasteiger partial charge in [-0.05, 0) is 30.3 Å². The van der Waals surface area contributed by atoms with Gasteiger partial charge >= 0.3 is 0 Å². The van der Waals surface area contributed by atoms with Gasteiger partial charge in [0.05, 0.1) is 23.3 Å². The number of nitrogens with two attached hydrogens (primary N) is 1. The summed E-state index contributed by atoms with van der Waals surface area (Å²) in [4.78, 5) is 27.8. The summed E-state index contributed by atoms with van der Waals surface area (Å²) >= 11 is 0. The first-order valence-corrected chi connectivity index (χ1v) is 7.83. The molecule has 0 aliphatic carbocycles. The number of hydrogen-bond acceptors (Lipinski definition) is 4. The number of benzene rings is 2. The molecule has 2 amide bonds. The first-order valence-electron chi connectivity index (χ1n) is 7.83. The Hall–Kier alpha value is -3.41. The monoisotopic (exact) mass is 334 g/mol. The second kappa shape index (κ2) is 7.00. The number of amides is 2. The van der Waals surface area contributed by atoms with E-state index in [1.165, 1.54) is 6.92 Å². The molecule has 25 heavy (non-hydrogen) atoms. The Morgan fingerprint density at radius 1 is 1.00 bits per heavy atom. The van der Waals surface area contributed by atoms with Gasteiger partial charge in [-0.1, -0.05) is 24.3 Å². The van der Waals surface area contributed by atoms with Crippen molar-refractivity contribution in [2.24, 2.45) is 0 Å². The maximum atomic E-state index is 12.3. The second-order valence-corrected chi connectivity index (χ2v) is 5.71. The van der Waals surface area contributed by atoms with Gasteiger partial charge in [0.2, 0.25) is 11.8 Å². The molecule has 0 aliphatic heterocycles. The van der Waals surface area contributed by atoms with Gasteiger partial charge in [0.15, 0.2) is 0 Å². The third-order valence-electron chi connectivity index (χ3n) is 3.62. The molecule has 0 spiro atoms. The lowest BCUT2D eigenvalue weighted by Gasteiger charge is -2.08. The van der Waals surface area contributed by atoms with E-state index in [4.69, 9.17) is 5.73 Å². The lowest BCUT2D eigenvalue weighted by molar-refractivity contribution is -0.116. The number of para-hydroxylation sites is 1. The number of rotatable bonds is 4. The Balaban J connectivity index is 1.72. The van der Waals surface area contributed by atoms with Crippen molar-refractivity contribution in [3.05, 3.63) is 60.3 Å². The van der Waals surface area contributed by atoms with Gasteiger partial charge in [-0.2, -0.15) is 0 Å². The van der Waals surface area contributed by atoms with Crippen LogP contribution in [0.3, 0.4) is 0 Å². The number of pyridine rings is 1. The van der Waals surface area contributed by atoms with Crippen LogP contribution in [0.5, 0.6) is 0 Å². The molecule has 3 aromatic rings. The van der Waals surface area contributed by atoms with E-state index in [1.807, 2.05) is 24.3 Å². The summed E-state index contributed by atoms with van der Waals surface area (Å²) in [7, 11) is 0. The molecule has 6 heteroatoms. The van der Waals surface area contributed by atoms with Crippen molar-refractivity contribution < 1.29 is 9.59 Å². The van der Waals surface area contributed by atoms with Gasteiger partial charge in [0, 0.05) is 23.7 Å². The first-order chi connectivity index (χ1) is 12.0. The summed E-state index contributed by atoms with van der Waals surface area (Å²) in [5.74, 6) is -0.359. The molecule has 4 N–H and O–H groups in total. The highest BCUT2D eigenvalue weighted by Gasteiger charge is 2.08. The van der Waals surface area contributed by atoms with Crippen molar-refractivity contribution >= 4 is 39.8 Å². The van der Waals surface area contributed by atoms with E-state index in [9.17, 15) is 9.59 Å². The van der Waals surface area contributed by atoms with Crippen LogP contribution in [-0.4, -0.2) is 16.8 Å². The summed E-state index contributed by atoms with van der Waals surface area (Å²) in [6.45, 7) is 1.43. The average Bonchev–Trinajstić information content (AvgIpc) is 2.55. The number of nitrogens with zero attached hydrogens (tertiary/aromatic N) is 1. The zero-order chi connectivity index (χ0) is 17.8. The molecule has 0 saturated heterocycles. The van der Waals surface area contributed by atoms with Crippen LogP contribution in [0.15, 0.2) is 54.6 Å². The van der Waals surface area contributed by atoms with Crippen LogP contribution >= 0.6 is 0 Å². The lowest BCUT2D eigenvalue weighted by Crippen LogP contribution is -2.15. The van der Waals surface area contributed by atoms with E-state index >= 15 is 0 Å². The summed E-state index contributed by atoms with van der Waals surface area (Å²) in [5, 5.41) is 6.42. The fourth-order valence-electron chi connectivity index (χ4n) is 2.56. The molecule has 126 valence electrons. The van der Waals surface area contributed by atoms with E-state index in [2.05, 4.69) is 15.6 Å². The minimum atomic E-state index is -0.193. The highest BCUT2D eigenvalue weighted by Crippen LogP contribution is 2.19. The smallest absolute Gasteiger partial charge is 0.230 e.